The lowest BCUT2D eigenvalue weighted by molar-refractivity contribution is -0.0501. The first-order chi connectivity index (χ1) is 16.6. The zero-order valence-corrected chi connectivity index (χ0v) is 20.8. The van der Waals surface area contributed by atoms with Crippen LogP contribution in [0.15, 0.2) is 65.6 Å². The van der Waals surface area contributed by atoms with Gasteiger partial charge in [0.2, 0.25) is 0 Å². The standard InChI is InChI=1S/C23H20F3N3O5S2/c1-22(2,3)20-13-17(18(14-27)21(28-20)34-36(32,33)23(24,25)26)16-11-7-8-12-19(16)29-35(30,31)15-9-5-4-6-10-15/h4-13,29H,1-3H3. The molecule has 0 unspecified atom stereocenters. The number of hydrogen-bond donors (Lipinski definition) is 1. The SMILES string of the molecule is CC(C)(C)c1cc(-c2ccccc2NS(=O)(=O)c2ccccc2)c(C#N)c(OS(=O)(=O)C(F)(F)F)n1. The van der Waals surface area contributed by atoms with Gasteiger partial charge in [0.05, 0.1) is 16.3 Å². The molecule has 0 amide bonds. The number of alkyl halides is 3. The maximum absolute atomic E-state index is 13.0. The normalized spacial score (nSPS) is 12.6. The van der Waals surface area contributed by atoms with Crippen molar-refractivity contribution in [1.29, 1.82) is 5.26 Å². The fourth-order valence-corrected chi connectivity index (χ4v) is 4.57. The Hall–Kier alpha value is -3.63. The fraction of sp³-hybridized carbons (Fsp3) is 0.217. The Balaban J connectivity index is 2.27. The predicted molar refractivity (Wildman–Crippen MR) is 126 cm³/mol. The van der Waals surface area contributed by atoms with Crippen LogP contribution >= 0.6 is 0 Å². The van der Waals surface area contributed by atoms with Crippen LogP contribution in [0.5, 0.6) is 5.88 Å². The number of nitrogens with zero attached hydrogens (tertiary/aromatic N) is 2. The number of rotatable bonds is 6. The summed E-state index contributed by atoms with van der Waals surface area (Å²) in [5.41, 5.74) is -7.09. The van der Waals surface area contributed by atoms with E-state index in [0.717, 1.165) is 0 Å². The summed E-state index contributed by atoms with van der Waals surface area (Å²) < 4.78 is 95.0. The Morgan fingerprint density at radius 1 is 0.917 bits per heavy atom. The summed E-state index contributed by atoms with van der Waals surface area (Å²) in [5.74, 6) is -1.07. The molecule has 36 heavy (non-hydrogen) atoms. The van der Waals surface area contributed by atoms with E-state index in [0.29, 0.717) is 0 Å². The smallest absolute Gasteiger partial charge is 0.354 e. The second kappa shape index (κ2) is 9.44. The van der Waals surface area contributed by atoms with Crippen molar-refractivity contribution in [3.8, 4) is 23.1 Å². The molecule has 0 saturated carbocycles. The van der Waals surface area contributed by atoms with Crippen LogP contribution in [-0.4, -0.2) is 27.3 Å². The Morgan fingerprint density at radius 2 is 1.50 bits per heavy atom. The first-order valence-electron chi connectivity index (χ1n) is 10.2. The second-order valence-electron chi connectivity index (χ2n) is 8.54. The molecular weight excluding hydrogens is 519 g/mol. The van der Waals surface area contributed by atoms with E-state index in [1.807, 2.05) is 0 Å². The van der Waals surface area contributed by atoms with Gasteiger partial charge < -0.3 is 4.18 Å². The molecule has 1 heterocycles. The summed E-state index contributed by atoms with van der Waals surface area (Å²) in [5, 5.41) is 9.77. The molecule has 13 heteroatoms. The number of hydrogen-bond acceptors (Lipinski definition) is 7. The number of nitrogens with one attached hydrogen (secondary N) is 1. The van der Waals surface area contributed by atoms with Crippen LogP contribution in [0.2, 0.25) is 0 Å². The van der Waals surface area contributed by atoms with Gasteiger partial charge >= 0.3 is 15.6 Å². The third-order valence-corrected chi connectivity index (χ3v) is 7.18. The van der Waals surface area contributed by atoms with Crippen molar-refractivity contribution in [2.75, 3.05) is 4.72 Å². The van der Waals surface area contributed by atoms with Crippen molar-refractivity contribution in [2.24, 2.45) is 0 Å². The van der Waals surface area contributed by atoms with Crippen molar-refractivity contribution >= 4 is 25.8 Å². The molecule has 3 rings (SSSR count). The number of benzene rings is 2. The summed E-state index contributed by atoms with van der Waals surface area (Å²) >= 11 is 0. The fourth-order valence-electron chi connectivity index (χ4n) is 3.05. The largest absolute Gasteiger partial charge is 0.534 e. The van der Waals surface area contributed by atoms with Gasteiger partial charge in [-0.3, -0.25) is 4.72 Å². The van der Waals surface area contributed by atoms with Gasteiger partial charge in [0.25, 0.3) is 15.9 Å². The van der Waals surface area contributed by atoms with Crippen molar-refractivity contribution in [2.45, 2.75) is 36.6 Å². The lowest BCUT2D eigenvalue weighted by atomic mass is 9.88. The number of para-hydroxylation sites is 1. The first kappa shape index (κ1) is 27.0. The number of nitriles is 1. The van der Waals surface area contributed by atoms with E-state index in [1.165, 1.54) is 54.6 Å². The summed E-state index contributed by atoms with van der Waals surface area (Å²) in [7, 11) is -10.2. The van der Waals surface area contributed by atoms with Gasteiger partial charge in [0, 0.05) is 16.5 Å². The molecule has 0 radical (unpaired) electrons. The number of sulfonamides is 1. The maximum atomic E-state index is 13.0. The lowest BCUT2D eigenvalue weighted by Gasteiger charge is -2.22. The number of pyridine rings is 1. The average Bonchev–Trinajstić information content (AvgIpc) is 2.77. The van der Waals surface area contributed by atoms with E-state index in [2.05, 4.69) is 13.9 Å². The third kappa shape index (κ3) is 5.60. The van der Waals surface area contributed by atoms with E-state index in [-0.39, 0.29) is 27.4 Å². The van der Waals surface area contributed by atoms with Crippen LogP contribution in [0.3, 0.4) is 0 Å². The van der Waals surface area contributed by atoms with Crippen molar-refractivity contribution in [3.63, 3.8) is 0 Å². The molecule has 0 fully saturated rings. The molecule has 2 aromatic carbocycles. The van der Waals surface area contributed by atoms with Crippen LogP contribution in [0.4, 0.5) is 18.9 Å². The van der Waals surface area contributed by atoms with Crippen molar-refractivity contribution < 1.29 is 34.2 Å². The Morgan fingerprint density at radius 3 is 2.06 bits per heavy atom. The quantitative estimate of drug-likeness (QED) is 0.347. The van der Waals surface area contributed by atoms with Crippen LogP contribution in [0.1, 0.15) is 32.0 Å². The van der Waals surface area contributed by atoms with E-state index in [1.54, 1.807) is 32.9 Å². The van der Waals surface area contributed by atoms with Crippen LogP contribution < -0.4 is 8.91 Å². The molecule has 0 spiro atoms. The van der Waals surface area contributed by atoms with Gasteiger partial charge in [-0.25, -0.2) is 13.4 Å². The highest BCUT2D eigenvalue weighted by molar-refractivity contribution is 7.92. The van der Waals surface area contributed by atoms with Crippen molar-refractivity contribution in [1.82, 2.24) is 4.98 Å². The highest BCUT2D eigenvalue weighted by atomic mass is 32.2. The van der Waals surface area contributed by atoms with Gasteiger partial charge in [0.15, 0.2) is 0 Å². The topological polar surface area (TPSA) is 126 Å². The number of halogens is 3. The second-order valence-corrected chi connectivity index (χ2v) is 11.8. The Labute approximate surface area is 206 Å². The minimum Gasteiger partial charge on any atom is -0.354 e. The van der Waals surface area contributed by atoms with Gasteiger partial charge in [0.1, 0.15) is 11.6 Å². The highest BCUT2D eigenvalue weighted by Gasteiger charge is 2.49. The minimum atomic E-state index is -6.14. The molecule has 0 aliphatic rings. The van der Waals surface area contributed by atoms with Gasteiger partial charge in [-0.2, -0.15) is 26.9 Å². The molecular formula is C23H20F3N3O5S2. The molecule has 0 bridgehead atoms. The van der Waals surface area contributed by atoms with Gasteiger partial charge in [-0.1, -0.05) is 57.2 Å². The summed E-state index contributed by atoms with van der Waals surface area (Å²) in [4.78, 5) is 3.84. The van der Waals surface area contributed by atoms with Crippen LogP contribution in [0.25, 0.3) is 11.1 Å². The maximum Gasteiger partial charge on any atom is 0.534 e. The molecule has 0 atom stereocenters. The molecule has 8 nitrogen and oxygen atoms in total. The molecule has 0 aliphatic heterocycles. The van der Waals surface area contributed by atoms with Crippen LogP contribution in [-0.2, 0) is 25.6 Å². The third-order valence-electron chi connectivity index (χ3n) is 4.85. The minimum absolute atomic E-state index is 0.00598. The van der Waals surface area contributed by atoms with E-state index in [9.17, 15) is 35.3 Å². The van der Waals surface area contributed by atoms with Crippen LogP contribution in [0, 0.1) is 11.3 Å². The first-order valence-corrected chi connectivity index (χ1v) is 13.1. The molecule has 0 aliphatic carbocycles. The van der Waals surface area contributed by atoms with E-state index >= 15 is 0 Å². The predicted octanol–water partition coefficient (Wildman–Crippen LogP) is 4.95. The molecule has 3 aromatic rings. The Bertz CT molecular complexity index is 1540. The average molecular weight is 540 g/mol. The highest BCUT2D eigenvalue weighted by Crippen LogP contribution is 2.39. The van der Waals surface area contributed by atoms with E-state index in [4.69, 9.17) is 0 Å². The number of anilines is 1. The summed E-state index contributed by atoms with van der Waals surface area (Å²) in [6.07, 6.45) is 0. The molecule has 1 aromatic heterocycles. The zero-order chi connectivity index (χ0) is 26.9. The van der Waals surface area contributed by atoms with Crippen molar-refractivity contribution in [3.05, 3.63) is 71.9 Å². The van der Waals surface area contributed by atoms with Gasteiger partial charge in [-0.05, 0) is 24.3 Å². The zero-order valence-electron chi connectivity index (χ0n) is 19.2. The summed E-state index contributed by atoms with van der Waals surface area (Å²) in [6.45, 7) is 4.99. The summed E-state index contributed by atoms with van der Waals surface area (Å²) in [6, 6.07) is 16.3. The molecule has 190 valence electrons. The lowest BCUT2D eigenvalue weighted by Crippen LogP contribution is -2.29. The monoisotopic (exact) mass is 539 g/mol. The molecule has 1 N–H and O–H groups in total. The van der Waals surface area contributed by atoms with Gasteiger partial charge in [-0.15, -0.1) is 0 Å². The van der Waals surface area contributed by atoms with E-state index < -0.39 is 42.5 Å². The number of aromatic nitrogens is 1. The Kier molecular flexibility index (Phi) is 7.07. The molecule has 0 saturated heterocycles.